The number of carbonyl (C=O) groups excluding carboxylic acids is 3. The number of carbonyl (C=O) groups is 3. The Morgan fingerprint density at radius 2 is 2.06 bits per heavy atom. The molecule has 4 N–H and O–H groups in total. The average Bonchev–Trinajstić information content (AvgIpc) is 3.05. The summed E-state index contributed by atoms with van der Waals surface area (Å²) in [6.45, 7) is 3.60. The number of nitrogens with one attached hydrogen (secondary N) is 1. The highest BCUT2D eigenvalue weighted by molar-refractivity contribution is 6.30. The van der Waals surface area contributed by atoms with E-state index in [4.69, 9.17) is 17.3 Å². The Balaban J connectivity index is 1.80. The van der Waals surface area contributed by atoms with E-state index in [0.717, 1.165) is 4.57 Å². The first kappa shape index (κ1) is 23.7. The van der Waals surface area contributed by atoms with Gasteiger partial charge in [-0.25, -0.2) is 4.39 Å². The van der Waals surface area contributed by atoms with Crippen molar-refractivity contribution in [1.82, 2.24) is 14.8 Å². The standard InChI is InChI=1S/C23H24ClFN4O5/c1-3-4-13(19(26)31)23(2)27-20(32)17-12-7-8-28(10-11-5-6-15(25)14(24)9-11)21(33)16(12)18(30)22(34)29(17)23/h5-6,9,13,30H,3-4,7-8,10H2,1-2H3,(H2,26,31)(H,27,32). The molecule has 2 aromatic rings. The fourth-order valence-electron chi connectivity index (χ4n) is 4.96. The van der Waals surface area contributed by atoms with Crippen molar-refractivity contribution in [3.63, 3.8) is 0 Å². The van der Waals surface area contributed by atoms with Gasteiger partial charge >= 0.3 is 0 Å². The van der Waals surface area contributed by atoms with Crippen LogP contribution in [0.25, 0.3) is 0 Å². The molecular formula is C23H24ClFN4O5. The Morgan fingerprint density at radius 3 is 2.68 bits per heavy atom. The van der Waals surface area contributed by atoms with E-state index < -0.39 is 46.4 Å². The quantitative estimate of drug-likeness (QED) is 0.568. The van der Waals surface area contributed by atoms with Gasteiger partial charge in [-0.05, 0) is 37.5 Å². The van der Waals surface area contributed by atoms with Crippen molar-refractivity contribution in [2.45, 2.75) is 45.3 Å². The molecule has 4 rings (SSSR count). The van der Waals surface area contributed by atoms with E-state index in [1.807, 2.05) is 6.92 Å². The minimum absolute atomic E-state index is 0.0551. The van der Waals surface area contributed by atoms with E-state index in [-0.39, 0.29) is 41.4 Å². The number of nitrogens with zero attached hydrogens (tertiary/aromatic N) is 2. The van der Waals surface area contributed by atoms with E-state index in [0.29, 0.717) is 18.4 Å². The molecule has 0 saturated heterocycles. The van der Waals surface area contributed by atoms with Gasteiger partial charge in [-0.1, -0.05) is 31.0 Å². The van der Waals surface area contributed by atoms with E-state index >= 15 is 0 Å². The third-order valence-corrected chi connectivity index (χ3v) is 6.88. The van der Waals surface area contributed by atoms with Crippen molar-refractivity contribution in [2.24, 2.45) is 11.7 Å². The Hall–Kier alpha value is -3.40. The molecule has 0 fully saturated rings. The highest BCUT2D eigenvalue weighted by Gasteiger charge is 2.50. The van der Waals surface area contributed by atoms with Gasteiger partial charge < -0.3 is 21.1 Å². The smallest absolute Gasteiger partial charge is 0.296 e. The maximum absolute atomic E-state index is 13.5. The second-order valence-electron chi connectivity index (χ2n) is 8.76. The van der Waals surface area contributed by atoms with Gasteiger partial charge in [0.15, 0.2) is 5.75 Å². The molecule has 2 atom stereocenters. The van der Waals surface area contributed by atoms with Gasteiger partial charge in [0.2, 0.25) is 5.91 Å². The minimum Gasteiger partial charge on any atom is -0.502 e. The molecule has 2 unspecified atom stereocenters. The highest BCUT2D eigenvalue weighted by atomic mass is 35.5. The number of halogens is 2. The SMILES string of the molecule is CCCC(C(N)=O)C1(C)NC(=O)c2c3c(c(O)c(=O)n21)C(=O)N(Cc1ccc(F)c(Cl)c1)CC3. The lowest BCUT2D eigenvalue weighted by molar-refractivity contribution is -0.125. The first-order valence-electron chi connectivity index (χ1n) is 10.9. The Bertz CT molecular complexity index is 1290. The molecule has 0 radical (unpaired) electrons. The molecule has 0 aliphatic carbocycles. The van der Waals surface area contributed by atoms with E-state index in [9.17, 15) is 28.7 Å². The second kappa shape index (κ2) is 8.43. The van der Waals surface area contributed by atoms with E-state index in [2.05, 4.69) is 5.32 Å². The number of fused-ring (bicyclic) bond motifs is 3. The zero-order chi connectivity index (χ0) is 24.9. The first-order valence-corrected chi connectivity index (χ1v) is 11.2. The monoisotopic (exact) mass is 490 g/mol. The van der Waals surface area contributed by atoms with Crippen molar-refractivity contribution in [3.8, 4) is 5.75 Å². The van der Waals surface area contributed by atoms with Gasteiger partial charge in [0.1, 0.15) is 17.2 Å². The highest BCUT2D eigenvalue weighted by Crippen LogP contribution is 2.37. The van der Waals surface area contributed by atoms with Crippen LogP contribution >= 0.6 is 11.6 Å². The van der Waals surface area contributed by atoms with Crippen LogP contribution in [0.4, 0.5) is 4.39 Å². The Morgan fingerprint density at radius 1 is 1.35 bits per heavy atom. The lowest BCUT2D eigenvalue weighted by Gasteiger charge is -2.35. The van der Waals surface area contributed by atoms with Crippen molar-refractivity contribution in [1.29, 1.82) is 0 Å². The zero-order valence-corrected chi connectivity index (χ0v) is 19.4. The molecule has 0 spiro atoms. The summed E-state index contributed by atoms with van der Waals surface area (Å²) in [7, 11) is 0. The van der Waals surface area contributed by atoms with Crippen LogP contribution in [0.5, 0.6) is 5.75 Å². The summed E-state index contributed by atoms with van der Waals surface area (Å²) in [5.41, 5.74) is 3.64. The van der Waals surface area contributed by atoms with Gasteiger partial charge in [0.25, 0.3) is 17.4 Å². The summed E-state index contributed by atoms with van der Waals surface area (Å²) in [6, 6.07) is 4.07. The van der Waals surface area contributed by atoms with Crippen LogP contribution in [0.15, 0.2) is 23.0 Å². The number of rotatable bonds is 6. The summed E-state index contributed by atoms with van der Waals surface area (Å²) >= 11 is 5.83. The number of hydrogen-bond donors (Lipinski definition) is 3. The average molecular weight is 491 g/mol. The van der Waals surface area contributed by atoms with Crippen LogP contribution in [0.1, 0.15) is 58.7 Å². The number of benzene rings is 1. The van der Waals surface area contributed by atoms with Crippen LogP contribution in [0.3, 0.4) is 0 Å². The lowest BCUT2D eigenvalue weighted by Crippen LogP contribution is -2.54. The summed E-state index contributed by atoms with van der Waals surface area (Å²) in [5.74, 6) is -4.24. The topological polar surface area (TPSA) is 135 Å². The summed E-state index contributed by atoms with van der Waals surface area (Å²) < 4.78 is 14.5. The molecule has 2 aliphatic heterocycles. The van der Waals surface area contributed by atoms with Gasteiger partial charge in [-0.3, -0.25) is 23.7 Å². The molecule has 1 aromatic carbocycles. The van der Waals surface area contributed by atoms with Crippen LogP contribution in [0.2, 0.25) is 5.02 Å². The molecule has 180 valence electrons. The molecule has 0 saturated carbocycles. The molecule has 9 nitrogen and oxygen atoms in total. The maximum atomic E-state index is 13.5. The number of primary amides is 1. The van der Waals surface area contributed by atoms with E-state index in [1.165, 1.54) is 30.0 Å². The normalized spacial score (nSPS) is 20.1. The summed E-state index contributed by atoms with van der Waals surface area (Å²) in [5, 5.41) is 13.4. The van der Waals surface area contributed by atoms with Crippen LogP contribution < -0.4 is 16.6 Å². The van der Waals surface area contributed by atoms with Crippen LogP contribution in [0, 0.1) is 11.7 Å². The predicted molar refractivity (Wildman–Crippen MR) is 121 cm³/mol. The van der Waals surface area contributed by atoms with Gasteiger partial charge in [-0.2, -0.15) is 0 Å². The van der Waals surface area contributed by atoms with Gasteiger partial charge in [-0.15, -0.1) is 0 Å². The molecule has 34 heavy (non-hydrogen) atoms. The maximum Gasteiger partial charge on any atom is 0.296 e. The van der Waals surface area contributed by atoms with E-state index in [1.54, 1.807) is 0 Å². The number of aromatic hydroxyl groups is 1. The van der Waals surface area contributed by atoms with Crippen molar-refractivity contribution in [3.05, 3.63) is 61.8 Å². The molecular weight excluding hydrogens is 467 g/mol. The number of amides is 3. The largest absolute Gasteiger partial charge is 0.502 e. The number of aromatic nitrogens is 1. The molecule has 3 heterocycles. The number of hydrogen-bond acceptors (Lipinski definition) is 5. The molecule has 11 heteroatoms. The number of nitrogens with two attached hydrogens (primary N) is 1. The van der Waals surface area contributed by atoms with Crippen LogP contribution in [-0.2, 0) is 23.4 Å². The molecule has 3 amide bonds. The summed E-state index contributed by atoms with van der Waals surface area (Å²) in [4.78, 5) is 53.1. The third kappa shape index (κ3) is 3.53. The predicted octanol–water partition coefficient (Wildman–Crippen LogP) is 1.86. The van der Waals surface area contributed by atoms with Gasteiger partial charge in [0.05, 0.1) is 16.5 Å². The minimum atomic E-state index is -1.48. The van der Waals surface area contributed by atoms with Gasteiger partial charge in [0, 0.05) is 18.7 Å². The third-order valence-electron chi connectivity index (χ3n) is 6.59. The van der Waals surface area contributed by atoms with Crippen molar-refractivity contribution >= 4 is 29.3 Å². The molecule has 2 aliphatic rings. The number of pyridine rings is 1. The lowest BCUT2D eigenvalue weighted by atomic mass is 9.88. The fourth-order valence-corrected chi connectivity index (χ4v) is 5.16. The van der Waals surface area contributed by atoms with Crippen LogP contribution in [-0.4, -0.2) is 38.8 Å². The Kier molecular flexibility index (Phi) is 5.89. The first-order chi connectivity index (χ1) is 16.0. The van der Waals surface area contributed by atoms with Crippen molar-refractivity contribution in [2.75, 3.05) is 6.54 Å². The molecule has 0 bridgehead atoms. The second-order valence-corrected chi connectivity index (χ2v) is 9.17. The molecule has 1 aromatic heterocycles. The summed E-state index contributed by atoms with van der Waals surface area (Å²) in [6.07, 6.45) is 1.06. The fraction of sp³-hybridized carbons (Fsp3) is 0.391. The zero-order valence-electron chi connectivity index (χ0n) is 18.7. The Labute approximate surface area is 199 Å². The van der Waals surface area contributed by atoms with Crippen molar-refractivity contribution < 1.29 is 23.9 Å².